The molecule has 0 spiro atoms. The maximum absolute atomic E-state index is 5.99. The van der Waals surface area contributed by atoms with E-state index in [1.54, 1.807) is 13.3 Å². The predicted molar refractivity (Wildman–Crippen MR) is 69.7 cm³/mol. The summed E-state index contributed by atoms with van der Waals surface area (Å²) in [5, 5.41) is 0. The standard InChI is InChI=1S/C14H16N2O2/c1-17-11-5-7-12(8-6-11)18-10-13(15)14-4-2-3-9-16-14/h2-9,13H,10,15H2,1H3. The van der Waals surface area contributed by atoms with Crippen LogP contribution in [0.2, 0.25) is 0 Å². The lowest BCUT2D eigenvalue weighted by atomic mass is 10.2. The van der Waals surface area contributed by atoms with Gasteiger partial charge in [-0.25, -0.2) is 0 Å². The van der Waals surface area contributed by atoms with Crippen LogP contribution in [0.15, 0.2) is 48.7 Å². The van der Waals surface area contributed by atoms with Crippen molar-refractivity contribution in [1.82, 2.24) is 4.98 Å². The summed E-state index contributed by atoms with van der Waals surface area (Å²) in [4.78, 5) is 4.19. The van der Waals surface area contributed by atoms with Crippen LogP contribution in [0.25, 0.3) is 0 Å². The Bertz CT molecular complexity index is 471. The molecule has 1 heterocycles. The summed E-state index contributed by atoms with van der Waals surface area (Å²) in [6.07, 6.45) is 1.72. The van der Waals surface area contributed by atoms with Crippen molar-refractivity contribution in [2.75, 3.05) is 13.7 Å². The summed E-state index contributed by atoms with van der Waals surface area (Å²) in [6, 6.07) is 12.8. The smallest absolute Gasteiger partial charge is 0.119 e. The fourth-order valence-electron chi connectivity index (χ4n) is 1.54. The van der Waals surface area contributed by atoms with E-state index in [2.05, 4.69) is 4.98 Å². The molecule has 0 saturated carbocycles. The Kier molecular flexibility index (Phi) is 4.15. The van der Waals surface area contributed by atoms with E-state index in [0.29, 0.717) is 6.61 Å². The van der Waals surface area contributed by atoms with Crippen LogP contribution in [-0.4, -0.2) is 18.7 Å². The van der Waals surface area contributed by atoms with Gasteiger partial charge in [0.2, 0.25) is 0 Å². The lowest BCUT2D eigenvalue weighted by molar-refractivity contribution is 0.288. The number of nitrogens with two attached hydrogens (primary N) is 1. The molecule has 0 bridgehead atoms. The van der Waals surface area contributed by atoms with Crippen molar-refractivity contribution in [3.05, 3.63) is 54.4 Å². The Balaban J connectivity index is 1.91. The molecular formula is C14H16N2O2. The number of aromatic nitrogens is 1. The molecule has 18 heavy (non-hydrogen) atoms. The van der Waals surface area contributed by atoms with Crippen molar-refractivity contribution < 1.29 is 9.47 Å². The van der Waals surface area contributed by atoms with Crippen molar-refractivity contribution in [3.63, 3.8) is 0 Å². The third-order valence-corrected chi connectivity index (χ3v) is 2.56. The van der Waals surface area contributed by atoms with Crippen LogP contribution < -0.4 is 15.2 Å². The number of hydrogen-bond donors (Lipinski definition) is 1. The maximum atomic E-state index is 5.99. The minimum Gasteiger partial charge on any atom is -0.497 e. The highest BCUT2D eigenvalue weighted by molar-refractivity contribution is 5.31. The Hall–Kier alpha value is -2.07. The van der Waals surface area contributed by atoms with E-state index < -0.39 is 0 Å². The zero-order valence-corrected chi connectivity index (χ0v) is 10.2. The average Bonchev–Trinajstić information content (AvgIpc) is 2.46. The van der Waals surface area contributed by atoms with E-state index >= 15 is 0 Å². The van der Waals surface area contributed by atoms with Gasteiger partial charge in [-0.2, -0.15) is 0 Å². The van der Waals surface area contributed by atoms with Crippen molar-refractivity contribution in [1.29, 1.82) is 0 Å². The minimum absolute atomic E-state index is 0.228. The van der Waals surface area contributed by atoms with E-state index in [1.165, 1.54) is 0 Å². The normalized spacial score (nSPS) is 11.9. The lowest BCUT2D eigenvalue weighted by Gasteiger charge is -2.12. The highest BCUT2D eigenvalue weighted by Crippen LogP contribution is 2.18. The van der Waals surface area contributed by atoms with Gasteiger partial charge in [-0.05, 0) is 36.4 Å². The molecule has 0 radical (unpaired) electrons. The molecule has 1 aromatic carbocycles. The number of rotatable bonds is 5. The number of hydrogen-bond acceptors (Lipinski definition) is 4. The number of ether oxygens (including phenoxy) is 2. The second kappa shape index (κ2) is 6.02. The molecule has 4 heteroatoms. The van der Waals surface area contributed by atoms with Crippen LogP contribution in [0.4, 0.5) is 0 Å². The third-order valence-electron chi connectivity index (χ3n) is 2.56. The van der Waals surface area contributed by atoms with Crippen molar-refractivity contribution in [3.8, 4) is 11.5 Å². The molecule has 1 atom stereocenters. The summed E-state index contributed by atoms with van der Waals surface area (Å²) in [5.41, 5.74) is 6.81. The molecule has 0 aliphatic carbocycles. The van der Waals surface area contributed by atoms with Gasteiger partial charge >= 0.3 is 0 Å². The molecule has 0 amide bonds. The van der Waals surface area contributed by atoms with Crippen LogP contribution in [-0.2, 0) is 0 Å². The zero-order valence-electron chi connectivity index (χ0n) is 10.2. The topological polar surface area (TPSA) is 57.4 Å². The van der Waals surface area contributed by atoms with E-state index in [-0.39, 0.29) is 6.04 Å². The minimum atomic E-state index is -0.228. The molecule has 4 nitrogen and oxygen atoms in total. The molecule has 94 valence electrons. The summed E-state index contributed by atoms with van der Waals surface area (Å²) in [5.74, 6) is 1.57. The highest BCUT2D eigenvalue weighted by Gasteiger charge is 2.07. The van der Waals surface area contributed by atoms with Gasteiger partial charge in [0.1, 0.15) is 18.1 Å². The van der Waals surface area contributed by atoms with Gasteiger partial charge in [-0.1, -0.05) is 6.07 Å². The van der Waals surface area contributed by atoms with E-state index in [4.69, 9.17) is 15.2 Å². The Morgan fingerprint density at radius 3 is 2.44 bits per heavy atom. The first kappa shape index (κ1) is 12.4. The quantitative estimate of drug-likeness (QED) is 0.875. The number of pyridine rings is 1. The molecule has 2 aromatic rings. The molecule has 0 aliphatic rings. The van der Waals surface area contributed by atoms with Crippen LogP contribution in [0.5, 0.6) is 11.5 Å². The zero-order chi connectivity index (χ0) is 12.8. The molecular weight excluding hydrogens is 228 g/mol. The largest absolute Gasteiger partial charge is 0.497 e. The maximum Gasteiger partial charge on any atom is 0.119 e. The van der Waals surface area contributed by atoms with Gasteiger partial charge in [0, 0.05) is 6.20 Å². The fraction of sp³-hybridized carbons (Fsp3) is 0.214. The molecule has 2 N–H and O–H groups in total. The Morgan fingerprint density at radius 1 is 1.11 bits per heavy atom. The molecule has 0 saturated heterocycles. The van der Waals surface area contributed by atoms with E-state index in [9.17, 15) is 0 Å². The first-order valence-electron chi connectivity index (χ1n) is 5.73. The predicted octanol–water partition coefficient (Wildman–Crippen LogP) is 2.17. The molecule has 1 unspecified atom stereocenters. The average molecular weight is 244 g/mol. The SMILES string of the molecule is COc1ccc(OCC(N)c2ccccn2)cc1. The summed E-state index contributed by atoms with van der Waals surface area (Å²) in [6.45, 7) is 0.392. The second-order valence-electron chi connectivity index (χ2n) is 3.85. The molecule has 0 fully saturated rings. The van der Waals surface area contributed by atoms with Gasteiger partial charge in [0.05, 0.1) is 18.8 Å². The molecule has 1 aromatic heterocycles. The lowest BCUT2D eigenvalue weighted by Crippen LogP contribution is -2.19. The number of methoxy groups -OCH3 is 1. The summed E-state index contributed by atoms with van der Waals surface area (Å²) in [7, 11) is 1.63. The van der Waals surface area contributed by atoms with Gasteiger partial charge in [-0.3, -0.25) is 4.98 Å². The van der Waals surface area contributed by atoms with Crippen molar-refractivity contribution in [2.24, 2.45) is 5.73 Å². The Morgan fingerprint density at radius 2 is 1.83 bits per heavy atom. The van der Waals surface area contributed by atoms with Gasteiger partial charge in [0.15, 0.2) is 0 Å². The first-order chi connectivity index (χ1) is 8.79. The fourth-order valence-corrected chi connectivity index (χ4v) is 1.54. The molecule has 0 aliphatic heterocycles. The molecule has 2 rings (SSSR count). The van der Waals surface area contributed by atoms with Gasteiger partial charge < -0.3 is 15.2 Å². The van der Waals surface area contributed by atoms with Gasteiger partial charge in [-0.15, -0.1) is 0 Å². The van der Waals surface area contributed by atoms with E-state index in [1.807, 2.05) is 42.5 Å². The first-order valence-corrected chi connectivity index (χ1v) is 5.73. The third kappa shape index (κ3) is 3.21. The highest BCUT2D eigenvalue weighted by atomic mass is 16.5. The Labute approximate surface area is 106 Å². The van der Waals surface area contributed by atoms with Crippen LogP contribution in [0.1, 0.15) is 11.7 Å². The van der Waals surface area contributed by atoms with Crippen molar-refractivity contribution in [2.45, 2.75) is 6.04 Å². The summed E-state index contributed by atoms with van der Waals surface area (Å²) < 4.78 is 10.7. The number of nitrogens with zero attached hydrogens (tertiary/aromatic N) is 1. The van der Waals surface area contributed by atoms with Gasteiger partial charge in [0.25, 0.3) is 0 Å². The van der Waals surface area contributed by atoms with Crippen LogP contribution in [0.3, 0.4) is 0 Å². The van der Waals surface area contributed by atoms with Crippen LogP contribution in [0, 0.1) is 0 Å². The summed E-state index contributed by atoms with van der Waals surface area (Å²) >= 11 is 0. The van der Waals surface area contributed by atoms with Crippen molar-refractivity contribution >= 4 is 0 Å². The van der Waals surface area contributed by atoms with E-state index in [0.717, 1.165) is 17.2 Å². The monoisotopic (exact) mass is 244 g/mol. The second-order valence-corrected chi connectivity index (χ2v) is 3.85. The number of benzene rings is 1. The van der Waals surface area contributed by atoms with Crippen LogP contribution >= 0.6 is 0 Å².